The summed E-state index contributed by atoms with van der Waals surface area (Å²) in [7, 11) is 0. The standard InChI is InChI=1S/C8H10O2S2/c1-6(11)8(9)10-5-7-3-2-4-12-7/h2-4,6,11H,5H2,1H3. The summed E-state index contributed by atoms with van der Waals surface area (Å²) < 4.78 is 4.94. The van der Waals surface area contributed by atoms with Gasteiger partial charge in [-0.15, -0.1) is 11.3 Å². The van der Waals surface area contributed by atoms with Crippen LogP contribution in [-0.4, -0.2) is 11.2 Å². The zero-order chi connectivity index (χ0) is 8.97. The first-order valence-corrected chi connectivity index (χ1v) is 4.97. The lowest BCUT2D eigenvalue weighted by Crippen LogP contribution is -2.13. The Hall–Kier alpha value is -0.480. The summed E-state index contributed by atoms with van der Waals surface area (Å²) >= 11 is 5.53. The van der Waals surface area contributed by atoms with Gasteiger partial charge in [-0.1, -0.05) is 6.07 Å². The van der Waals surface area contributed by atoms with Gasteiger partial charge in [0.2, 0.25) is 0 Å². The molecule has 0 amide bonds. The van der Waals surface area contributed by atoms with Crippen LogP contribution >= 0.6 is 24.0 Å². The van der Waals surface area contributed by atoms with Gasteiger partial charge < -0.3 is 4.74 Å². The summed E-state index contributed by atoms with van der Waals surface area (Å²) in [5, 5.41) is 1.61. The molecule has 1 aromatic rings. The molecule has 0 saturated carbocycles. The molecule has 1 atom stereocenters. The molecule has 1 rings (SSSR count). The maximum Gasteiger partial charge on any atom is 0.318 e. The highest BCUT2D eigenvalue weighted by Gasteiger charge is 2.08. The smallest absolute Gasteiger partial charge is 0.318 e. The number of carbonyl (C=O) groups is 1. The number of thiol groups is 1. The van der Waals surface area contributed by atoms with Crippen LogP contribution in [0.25, 0.3) is 0 Å². The van der Waals surface area contributed by atoms with E-state index < -0.39 is 0 Å². The topological polar surface area (TPSA) is 26.3 Å². The Bertz CT molecular complexity index is 242. The monoisotopic (exact) mass is 202 g/mol. The van der Waals surface area contributed by atoms with Gasteiger partial charge in [0.25, 0.3) is 0 Å². The molecule has 0 aliphatic heterocycles. The van der Waals surface area contributed by atoms with Gasteiger partial charge in [0.05, 0.1) is 5.25 Å². The van der Waals surface area contributed by atoms with Crippen LogP contribution in [0.3, 0.4) is 0 Å². The summed E-state index contributed by atoms with van der Waals surface area (Å²) in [5.74, 6) is -0.272. The third kappa shape index (κ3) is 2.87. The van der Waals surface area contributed by atoms with E-state index >= 15 is 0 Å². The third-order valence-electron chi connectivity index (χ3n) is 1.28. The predicted octanol–water partition coefficient (Wildman–Crippen LogP) is 2.11. The van der Waals surface area contributed by atoms with Crippen molar-refractivity contribution in [1.29, 1.82) is 0 Å². The molecule has 0 aromatic carbocycles. The molecule has 0 aliphatic carbocycles. The van der Waals surface area contributed by atoms with Gasteiger partial charge in [-0.3, -0.25) is 4.79 Å². The number of carbonyl (C=O) groups excluding carboxylic acids is 1. The van der Waals surface area contributed by atoms with E-state index in [0.29, 0.717) is 6.61 Å². The van der Waals surface area contributed by atoms with E-state index in [2.05, 4.69) is 12.6 Å². The Kier molecular flexibility index (Phi) is 3.62. The summed E-state index contributed by atoms with van der Waals surface area (Å²) in [6.07, 6.45) is 0. The maximum absolute atomic E-state index is 10.9. The zero-order valence-corrected chi connectivity index (χ0v) is 8.40. The zero-order valence-electron chi connectivity index (χ0n) is 6.69. The van der Waals surface area contributed by atoms with Crippen LogP contribution in [0.15, 0.2) is 17.5 Å². The van der Waals surface area contributed by atoms with Crippen molar-refractivity contribution in [2.45, 2.75) is 18.8 Å². The second kappa shape index (κ2) is 4.52. The van der Waals surface area contributed by atoms with Crippen LogP contribution in [0.5, 0.6) is 0 Å². The minimum atomic E-state index is -0.343. The van der Waals surface area contributed by atoms with Crippen LogP contribution in [0, 0.1) is 0 Å². The number of esters is 1. The van der Waals surface area contributed by atoms with E-state index in [-0.39, 0.29) is 11.2 Å². The van der Waals surface area contributed by atoms with Crippen molar-refractivity contribution < 1.29 is 9.53 Å². The van der Waals surface area contributed by atoms with Crippen LogP contribution in [-0.2, 0) is 16.1 Å². The fourth-order valence-corrected chi connectivity index (χ4v) is 1.35. The molecule has 2 nitrogen and oxygen atoms in total. The Morgan fingerprint density at radius 1 is 1.83 bits per heavy atom. The number of thiophene rings is 1. The second-order valence-corrected chi connectivity index (χ2v) is 4.17. The molecule has 0 saturated heterocycles. The molecule has 4 heteroatoms. The van der Waals surface area contributed by atoms with Gasteiger partial charge in [0.15, 0.2) is 0 Å². The first-order chi connectivity index (χ1) is 5.70. The Balaban J connectivity index is 2.32. The van der Waals surface area contributed by atoms with Crippen molar-refractivity contribution in [3.63, 3.8) is 0 Å². The quantitative estimate of drug-likeness (QED) is 0.600. The van der Waals surface area contributed by atoms with Crippen molar-refractivity contribution >= 4 is 29.9 Å². The van der Waals surface area contributed by atoms with Crippen molar-refractivity contribution in [1.82, 2.24) is 0 Å². The molecule has 0 spiro atoms. The van der Waals surface area contributed by atoms with Crippen LogP contribution < -0.4 is 0 Å². The SMILES string of the molecule is CC(S)C(=O)OCc1cccs1. The average molecular weight is 202 g/mol. The largest absolute Gasteiger partial charge is 0.459 e. The molecule has 0 bridgehead atoms. The normalized spacial score (nSPS) is 12.5. The van der Waals surface area contributed by atoms with E-state index in [4.69, 9.17) is 4.74 Å². The van der Waals surface area contributed by atoms with Gasteiger partial charge in [-0.05, 0) is 18.4 Å². The average Bonchev–Trinajstić information content (AvgIpc) is 2.51. The Labute approximate surface area is 81.0 Å². The maximum atomic E-state index is 10.9. The van der Waals surface area contributed by atoms with Gasteiger partial charge in [0.1, 0.15) is 6.61 Å². The molecule has 1 heterocycles. The van der Waals surface area contributed by atoms with Crippen LogP contribution in [0.1, 0.15) is 11.8 Å². The fraction of sp³-hybridized carbons (Fsp3) is 0.375. The fourth-order valence-electron chi connectivity index (χ4n) is 0.658. The van der Waals surface area contributed by atoms with Crippen molar-refractivity contribution in [3.05, 3.63) is 22.4 Å². The number of ether oxygens (including phenoxy) is 1. The summed E-state index contributed by atoms with van der Waals surface area (Å²) in [5.41, 5.74) is 0. The lowest BCUT2D eigenvalue weighted by atomic mass is 10.5. The van der Waals surface area contributed by atoms with E-state index in [1.807, 2.05) is 17.5 Å². The summed E-state index contributed by atoms with van der Waals surface area (Å²) in [6.45, 7) is 2.06. The second-order valence-electron chi connectivity index (χ2n) is 2.36. The van der Waals surface area contributed by atoms with Crippen LogP contribution in [0.4, 0.5) is 0 Å². The first kappa shape index (κ1) is 9.61. The van der Waals surface area contributed by atoms with E-state index in [1.165, 1.54) is 0 Å². The highest BCUT2D eigenvalue weighted by molar-refractivity contribution is 7.81. The highest BCUT2D eigenvalue weighted by atomic mass is 32.1. The molecule has 0 fully saturated rings. The van der Waals surface area contributed by atoms with Gasteiger partial charge in [0, 0.05) is 4.88 Å². The predicted molar refractivity (Wildman–Crippen MR) is 52.6 cm³/mol. The molecule has 66 valence electrons. The number of hydrogen-bond donors (Lipinski definition) is 1. The summed E-state index contributed by atoms with van der Waals surface area (Å²) in [6, 6.07) is 3.86. The van der Waals surface area contributed by atoms with Crippen molar-refractivity contribution in [2.75, 3.05) is 0 Å². The van der Waals surface area contributed by atoms with E-state index in [9.17, 15) is 4.79 Å². The molecule has 0 N–H and O–H groups in total. The Morgan fingerprint density at radius 3 is 3.08 bits per heavy atom. The third-order valence-corrected chi connectivity index (χ3v) is 2.34. The van der Waals surface area contributed by atoms with Gasteiger partial charge in [-0.25, -0.2) is 0 Å². The molecule has 1 unspecified atom stereocenters. The van der Waals surface area contributed by atoms with Gasteiger partial charge in [-0.2, -0.15) is 12.6 Å². The molecular weight excluding hydrogens is 192 g/mol. The van der Waals surface area contributed by atoms with E-state index in [0.717, 1.165) is 4.88 Å². The number of rotatable bonds is 3. The van der Waals surface area contributed by atoms with Gasteiger partial charge >= 0.3 is 5.97 Å². The first-order valence-electron chi connectivity index (χ1n) is 3.57. The van der Waals surface area contributed by atoms with Crippen molar-refractivity contribution in [3.8, 4) is 0 Å². The molecule has 12 heavy (non-hydrogen) atoms. The summed E-state index contributed by atoms with van der Waals surface area (Å²) in [4.78, 5) is 12.0. The minimum absolute atomic E-state index is 0.272. The minimum Gasteiger partial charge on any atom is -0.459 e. The molecule has 1 aromatic heterocycles. The molecule has 0 radical (unpaired) electrons. The lowest BCUT2D eigenvalue weighted by Gasteiger charge is -2.04. The van der Waals surface area contributed by atoms with E-state index in [1.54, 1.807) is 18.3 Å². The highest BCUT2D eigenvalue weighted by Crippen LogP contribution is 2.10. The lowest BCUT2D eigenvalue weighted by molar-refractivity contribution is -0.143. The molecule has 0 aliphatic rings. The Morgan fingerprint density at radius 2 is 2.58 bits per heavy atom. The molecular formula is C8H10O2S2. The van der Waals surface area contributed by atoms with Crippen molar-refractivity contribution in [2.24, 2.45) is 0 Å². The van der Waals surface area contributed by atoms with Crippen LogP contribution in [0.2, 0.25) is 0 Å². The number of hydrogen-bond acceptors (Lipinski definition) is 4.